The first kappa shape index (κ1) is 9.51. The van der Waals surface area contributed by atoms with Crippen molar-refractivity contribution in [2.24, 2.45) is 0 Å². The van der Waals surface area contributed by atoms with Gasteiger partial charge in [-0.15, -0.1) is 0 Å². The summed E-state index contributed by atoms with van der Waals surface area (Å²) >= 11 is 0. The molecule has 2 N–H and O–H groups in total. The molecule has 2 aromatic rings. The molecule has 0 atom stereocenters. The monoisotopic (exact) mass is 208 g/mol. The highest BCUT2D eigenvalue weighted by molar-refractivity contribution is 5.95. The molecule has 0 amide bonds. The highest BCUT2D eigenvalue weighted by atomic mass is 19.3. The van der Waals surface area contributed by atoms with Crippen LogP contribution in [0.5, 0.6) is 0 Å². The van der Waals surface area contributed by atoms with Gasteiger partial charge in [-0.05, 0) is 24.3 Å². The number of halogens is 1. The molecule has 0 saturated carbocycles. The minimum atomic E-state index is -1.02. The maximum absolute atomic E-state index is 11.7. The molecule has 78 valence electrons. The van der Waals surface area contributed by atoms with Crippen LogP contribution in [0.15, 0.2) is 24.3 Å². The van der Waals surface area contributed by atoms with Crippen LogP contribution in [0.1, 0.15) is 10.5 Å². The summed E-state index contributed by atoms with van der Waals surface area (Å²) in [5.74, 6) is -1.02. The van der Waals surface area contributed by atoms with Gasteiger partial charge in [-0.1, -0.05) is 0 Å². The molecule has 0 aliphatic heterocycles. The van der Waals surface area contributed by atoms with E-state index in [1.54, 1.807) is 13.1 Å². The first-order chi connectivity index (χ1) is 7.24. The van der Waals surface area contributed by atoms with Crippen molar-refractivity contribution in [1.29, 1.82) is 0 Å². The number of aromatic nitrogens is 1. The standard InChI is InChI=1S/C10H9FN2O2/c1-12-7-2-3-8-6(4-7)5-9(13-8)10(14)15-11/h2-5,12-13H,1H3. The van der Waals surface area contributed by atoms with Gasteiger partial charge in [0.15, 0.2) is 0 Å². The summed E-state index contributed by atoms with van der Waals surface area (Å²) in [4.78, 5) is 16.8. The first-order valence-electron chi connectivity index (χ1n) is 4.38. The summed E-state index contributed by atoms with van der Waals surface area (Å²) in [6.45, 7) is 0. The normalized spacial score (nSPS) is 10.3. The average molecular weight is 208 g/mol. The second-order valence-corrected chi connectivity index (χ2v) is 3.10. The molecule has 0 aliphatic rings. The van der Waals surface area contributed by atoms with Gasteiger partial charge >= 0.3 is 5.97 Å². The molecule has 0 bridgehead atoms. The Morgan fingerprint density at radius 3 is 2.93 bits per heavy atom. The van der Waals surface area contributed by atoms with Crippen molar-refractivity contribution >= 4 is 22.6 Å². The molecule has 0 radical (unpaired) electrons. The molecule has 1 aromatic carbocycles. The zero-order chi connectivity index (χ0) is 10.8. The van der Waals surface area contributed by atoms with E-state index < -0.39 is 5.97 Å². The Labute approximate surface area is 84.9 Å². The fourth-order valence-electron chi connectivity index (χ4n) is 1.44. The minimum absolute atomic E-state index is 0.0979. The van der Waals surface area contributed by atoms with Gasteiger partial charge < -0.3 is 10.3 Å². The maximum atomic E-state index is 11.7. The SMILES string of the molecule is CNc1ccc2[nH]c(C(=O)OF)cc2c1. The van der Waals surface area contributed by atoms with Gasteiger partial charge in [0.2, 0.25) is 0 Å². The van der Waals surface area contributed by atoms with E-state index in [9.17, 15) is 9.32 Å². The molecule has 0 saturated heterocycles. The van der Waals surface area contributed by atoms with Gasteiger partial charge in [-0.3, -0.25) is 0 Å². The molecule has 4 nitrogen and oxygen atoms in total. The highest BCUT2D eigenvalue weighted by Gasteiger charge is 2.11. The van der Waals surface area contributed by atoms with E-state index in [4.69, 9.17) is 0 Å². The Balaban J connectivity index is 2.51. The van der Waals surface area contributed by atoms with Gasteiger partial charge in [-0.2, -0.15) is 0 Å². The fourth-order valence-corrected chi connectivity index (χ4v) is 1.44. The molecule has 1 heterocycles. The fraction of sp³-hybridized carbons (Fsp3) is 0.100. The summed E-state index contributed by atoms with van der Waals surface area (Å²) in [5.41, 5.74) is 1.77. The lowest BCUT2D eigenvalue weighted by Crippen LogP contribution is -1.97. The van der Waals surface area contributed by atoms with Crippen LogP contribution >= 0.6 is 0 Å². The third-order valence-corrected chi connectivity index (χ3v) is 2.20. The number of carbonyl (C=O) groups is 1. The molecule has 2 rings (SSSR count). The third kappa shape index (κ3) is 1.63. The highest BCUT2D eigenvalue weighted by Crippen LogP contribution is 2.20. The predicted octanol–water partition coefficient (Wildman–Crippen LogP) is 2.25. The predicted molar refractivity (Wildman–Crippen MR) is 54.4 cm³/mol. The summed E-state index contributed by atoms with van der Waals surface area (Å²) < 4.78 is 11.7. The number of hydrogen-bond acceptors (Lipinski definition) is 3. The Hall–Kier alpha value is -2.04. The Kier molecular flexibility index (Phi) is 2.29. The van der Waals surface area contributed by atoms with Crippen molar-refractivity contribution in [2.45, 2.75) is 0 Å². The van der Waals surface area contributed by atoms with Crippen molar-refractivity contribution in [1.82, 2.24) is 4.98 Å². The third-order valence-electron chi connectivity index (χ3n) is 2.20. The molecule has 15 heavy (non-hydrogen) atoms. The Morgan fingerprint density at radius 2 is 2.27 bits per heavy atom. The van der Waals surface area contributed by atoms with Crippen LogP contribution in [0, 0.1) is 0 Å². The number of rotatable bonds is 2. The maximum Gasteiger partial charge on any atom is 0.395 e. The van der Waals surface area contributed by atoms with Crippen LogP contribution in [0.25, 0.3) is 10.9 Å². The number of anilines is 1. The zero-order valence-electron chi connectivity index (χ0n) is 8.00. The number of hydrogen-bond donors (Lipinski definition) is 2. The van der Waals surface area contributed by atoms with E-state index in [1.165, 1.54) is 6.07 Å². The Morgan fingerprint density at radius 1 is 1.47 bits per heavy atom. The van der Waals surface area contributed by atoms with E-state index in [-0.39, 0.29) is 5.69 Å². The summed E-state index contributed by atoms with van der Waals surface area (Å²) in [7, 11) is 1.80. The van der Waals surface area contributed by atoms with Crippen LogP contribution in [-0.2, 0) is 4.94 Å². The van der Waals surface area contributed by atoms with E-state index in [1.807, 2.05) is 12.1 Å². The lowest BCUT2D eigenvalue weighted by atomic mass is 10.2. The number of benzene rings is 1. The lowest BCUT2D eigenvalue weighted by Gasteiger charge is -1.97. The zero-order valence-corrected chi connectivity index (χ0v) is 8.00. The molecule has 0 unspecified atom stereocenters. The Bertz CT molecular complexity index is 507. The van der Waals surface area contributed by atoms with Gasteiger partial charge in [-0.25, -0.2) is 9.74 Å². The van der Waals surface area contributed by atoms with Crippen molar-refractivity contribution in [3.05, 3.63) is 30.0 Å². The number of aromatic amines is 1. The van der Waals surface area contributed by atoms with Crippen LogP contribution in [0.4, 0.5) is 10.2 Å². The molecule has 0 fully saturated rings. The van der Waals surface area contributed by atoms with Gasteiger partial charge in [0.25, 0.3) is 0 Å². The van der Waals surface area contributed by atoms with E-state index >= 15 is 0 Å². The molecule has 5 heteroatoms. The summed E-state index contributed by atoms with van der Waals surface area (Å²) in [6, 6.07) is 7.04. The number of carbonyl (C=O) groups excluding carboxylic acids is 1. The van der Waals surface area contributed by atoms with E-state index in [0.29, 0.717) is 0 Å². The summed E-state index contributed by atoms with van der Waals surface area (Å²) in [6.07, 6.45) is 0. The molecule has 0 aliphatic carbocycles. The van der Waals surface area contributed by atoms with E-state index in [0.717, 1.165) is 16.6 Å². The van der Waals surface area contributed by atoms with Crippen LogP contribution in [0.2, 0.25) is 0 Å². The van der Waals surface area contributed by atoms with Crippen molar-refractivity contribution < 1.29 is 14.3 Å². The van der Waals surface area contributed by atoms with Gasteiger partial charge in [0.1, 0.15) is 5.69 Å². The van der Waals surface area contributed by atoms with Crippen LogP contribution in [0.3, 0.4) is 0 Å². The average Bonchev–Trinajstić information content (AvgIpc) is 2.70. The first-order valence-corrected chi connectivity index (χ1v) is 4.38. The number of H-pyrrole nitrogens is 1. The summed E-state index contributed by atoms with van der Waals surface area (Å²) in [5, 5.41) is 3.79. The number of fused-ring (bicyclic) bond motifs is 1. The topological polar surface area (TPSA) is 54.1 Å². The second-order valence-electron chi connectivity index (χ2n) is 3.10. The largest absolute Gasteiger partial charge is 0.395 e. The van der Waals surface area contributed by atoms with Crippen molar-refractivity contribution in [3.8, 4) is 0 Å². The van der Waals surface area contributed by atoms with Gasteiger partial charge in [0, 0.05) is 28.2 Å². The lowest BCUT2D eigenvalue weighted by molar-refractivity contribution is -0.0792. The smallest absolute Gasteiger partial charge is 0.388 e. The van der Waals surface area contributed by atoms with E-state index in [2.05, 4.69) is 15.2 Å². The molecular weight excluding hydrogens is 199 g/mol. The van der Waals surface area contributed by atoms with Crippen molar-refractivity contribution in [2.75, 3.05) is 12.4 Å². The molecule has 0 spiro atoms. The number of nitrogens with one attached hydrogen (secondary N) is 2. The minimum Gasteiger partial charge on any atom is -0.388 e. The second kappa shape index (κ2) is 3.61. The van der Waals surface area contributed by atoms with Crippen LogP contribution in [-0.4, -0.2) is 18.0 Å². The van der Waals surface area contributed by atoms with Crippen LogP contribution < -0.4 is 5.32 Å². The quantitative estimate of drug-likeness (QED) is 0.795. The van der Waals surface area contributed by atoms with Gasteiger partial charge in [0.05, 0.1) is 0 Å². The molecule has 1 aromatic heterocycles. The van der Waals surface area contributed by atoms with Crippen molar-refractivity contribution in [3.63, 3.8) is 0 Å². The molecular formula is C10H9FN2O2.